The van der Waals surface area contributed by atoms with Gasteiger partial charge in [0.1, 0.15) is 0 Å². The van der Waals surface area contributed by atoms with E-state index >= 15 is 0 Å². The SMILES string of the molecule is CC=NNC(=S)NCCCO. The van der Waals surface area contributed by atoms with Gasteiger partial charge < -0.3 is 10.4 Å². The molecule has 4 nitrogen and oxygen atoms in total. The summed E-state index contributed by atoms with van der Waals surface area (Å²) in [6.07, 6.45) is 2.30. The predicted molar refractivity (Wildman–Crippen MR) is 49.6 cm³/mol. The molecule has 0 bridgehead atoms. The molecule has 0 rings (SSSR count). The maximum Gasteiger partial charge on any atom is 0.186 e. The van der Waals surface area contributed by atoms with E-state index in [4.69, 9.17) is 17.3 Å². The number of nitrogens with zero attached hydrogens (tertiary/aromatic N) is 1. The Balaban J connectivity index is 3.23. The van der Waals surface area contributed by atoms with Crippen molar-refractivity contribution in [1.29, 1.82) is 0 Å². The molecule has 64 valence electrons. The Morgan fingerprint density at radius 3 is 3.00 bits per heavy atom. The lowest BCUT2D eigenvalue weighted by atomic mass is 10.5. The molecule has 0 aliphatic carbocycles. The number of hydrogen-bond acceptors (Lipinski definition) is 3. The van der Waals surface area contributed by atoms with Gasteiger partial charge in [0.05, 0.1) is 0 Å². The van der Waals surface area contributed by atoms with Crippen molar-refractivity contribution in [2.24, 2.45) is 5.10 Å². The van der Waals surface area contributed by atoms with Crippen LogP contribution in [0.25, 0.3) is 0 Å². The summed E-state index contributed by atoms with van der Waals surface area (Å²) >= 11 is 4.82. The Morgan fingerprint density at radius 1 is 1.73 bits per heavy atom. The van der Waals surface area contributed by atoms with Gasteiger partial charge in [-0.2, -0.15) is 5.10 Å². The molecular formula is C6H13N3OS. The molecule has 0 aliphatic rings. The van der Waals surface area contributed by atoms with E-state index in [0.717, 1.165) is 0 Å². The average molecular weight is 175 g/mol. The standard InChI is InChI=1S/C6H13N3OS/c1-2-8-9-6(11)7-4-3-5-10/h2,10H,3-5H2,1H3,(H2,7,9,11). The van der Waals surface area contributed by atoms with E-state index in [2.05, 4.69) is 15.8 Å². The molecule has 0 atom stereocenters. The summed E-state index contributed by atoms with van der Waals surface area (Å²) in [7, 11) is 0. The van der Waals surface area contributed by atoms with E-state index in [1.165, 1.54) is 0 Å². The molecule has 0 aromatic heterocycles. The third-order valence-corrected chi connectivity index (χ3v) is 1.15. The Hall–Kier alpha value is -0.680. The van der Waals surface area contributed by atoms with Crippen molar-refractivity contribution < 1.29 is 5.11 Å². The van der Waals surface area contributed by atoms with Crippen molar-refractivity contribution in [3.05, 3.63) is 0 Å². The molecule has 0 fully saturated rings. The third kappa shape index (κ3) is 7.21. The van der Waals surface area contributed by atoms with Gasteiger partial charge in [-0.3, -0.25) is 5.43 Å². The van der Waals surface area contributed by atoms with Crippen LogP contribution in [0.15, 0.2) is 5.10 Å². The smallest absolute Gasteiger partial charge is 0.186 e. The van der Waals surface area contributed by atoms with Crippen LogP contribution in [0.3, 0.4) is 0 Å². The van der Waals surface area contributed by atoms with E-state index in [1.807, 2.05) is 0 Å². The fourth-order valence-electron chi connectivity index (χ4n) is 0.444. The van der Waals surface area contributed by atoms with E-state index in [-0.39, 0.29) is 6.61 Å². The van der Waals surface area contributed by atoms with Crippen molar-refractivity contribution in [3.63, 3.8) is 0 Å². The topological polar surface area (TPSA) is 56.7 Å². The number of aliphatic hydroxyl groups is 1. The first kappa shape index (κ1) is 10.3. The molecule has 0 aromatic carbocycles. The second-order valence-corrected chi connectivity index (χ2v) is 2.24. The van der Waals surface area contributed by atoms with Crippen LogP contribution >= 0.6 is 12.2 Å². The predicted octanol–water partition coefficient (Wildman–Crippen LogP) is -0.161. The third-order valence-electron chi connectivity index (χ3n) is 0.916. The molecule has 5 heteroatoms. The van der Waals surface area contributed by atoms with Gasteiger partial charge in [-0.15, -0.1) is 0 Å². The number of hydrazone groups is 1. The summed E-state index contributed by atoms with van der Waals surface area (Å²) in [5, 5.41) is 15.5. The lowest BCUT2D eigenvalue weighted by Gasteiger charge is -2.04. The summed E-state index contributed by atoms with van der Waals surface area (Å²) in [6.45, 7) is 2.64. The average Bonchev–Trinajstić information content (AvgIpc) is 2.01. The van der Waals surface area contributed by atoms with Crippen LogP contribution in [-0.2, 0) is 0 Å². The minimum atomic E-state index is 0.173. The molecular weight excluding hydrogens is 162 g/mol. The molecule has 0 radical (unpaired) electrons. The van der Waals surface area contributed by atoms with Crippen LogP contribution in [0.2, 0.25) is 0 Å². The summed E-state index contributed by atoms with van der Waals surface area (Å²) < 4.78 is 0. The summed E-state index contributed by atoms with van der Waals surface area (Å²) in [4.78, 5) is 0. The van der Waals surface area contributed by atoms with Gasteiger partial charge in [0.15, 0.2) is 5.11 Å². The molecule has 0 heterocycles. The quantitative estimate of drug-likeness (QED) is 0.240. The van der Waals surface area contributed by atoms with Crippen LogP contribution < -0.4 is 10.7 Å². The number of aliphatic hydroxyl groups excluding tert-OH is 1. The zero-order valence-corrected chi connectivity index (χ0v) is 7.32. The first-order valence-corrected chi connectivity index (χ1v) is 3.84. The highest BCUT2D eigenvalue weighted by molar-refractivity contribution is 7.80. The van der Waals surface area contributed by atoms with Gasteiger partial charge in [-0.05, 0) is 25.6 Å². The molecule has 0 spiro atoms. The lowest BCUT2D eigenvalue weighted by molar-refractivity contribution is 0.289. The Bertz CT molecular complexity index is 138. The fourth-order valence-corrected chi connectivity index (χ4v) is 0.598. The van der Waals surface area contributed by atoms with Crippen molar-refractivity contribution in [2.45, 2.75) is 13.3 Å². The van der Waals surface area contributed by atoms with E-state index < -0.39 is 0 Å². The molecule has 0 saturated heterocycles. The Kier molecular flexibility index (Phi) is 6.97. The molecule has 3 N–H and O–H groups in total. The first-order chi connectivity index (χ1) is 5.31. The van der Waals surface area contributed by atoms with Crippen LogP contribution in [0.4, 0.5) is 0 Å². The molecule has 0 amide bonds. The minimum absolute atomic E-state index is 0.173. The Morgan fingerprint density at radius 2 is 2.45 bits per heavy atom. The number of thiocarbonyl (C=S) groups is 1. The zero-order chi connectivity index (χ0) is 8.53. The maximum atomic E-state index is 8.42. The first-order valence-electron chi connectivity index (χ1n) is 3.43. The summed E-state index contributed by atoms with van der Waals surface area (Å²) in [5.74, 6) is 0. The van der Waals surface area contributed by atoms with Crippen molar-refractivity contribution in [3.8, 4) is 0 Å². The van der Waals surface area contributed by atoms with Gasteiger partial charge in [-0.25, -0.2) is 0 Å². The van der Waals surface area contributed by atoms with Crippen LogP contribution in [0, 0.1) is 0 Å². The lowest BCUT2D eigenvalue weighted by Crippen LogP contribution is -2.32. The van der Waals surface area contributed by atoms with Gasteiger partial charge in [0.25, 0.3) is 0 Å². The summed E-state index contributed by atoms with van der Waals surface area (Å²) in [5.41, 5.74) is 2.60. The molecule has 11 heavy (non-hydrogen) atoms. The van der Waals surface area contributed by atoms with Crippen LogP contribution in [0.1, 0.15) is 13.3 Å². The van der Waals surface area contributed by atoms with Gasteiger partial charge in [0, 0.05) is 19.4 Å². The molecule has 0 aliphatic heterocycles. The fraction of sp³-hybridized carbons (Fsp3) is 0.667. The minimum Gasteiger partial charge on any atom is -0.396 e. The number of nitrogens with one attached hydrogen (secondary N) is 2. The maximum absolute atomic E-state index is 8.42. The zero-order valence-electron chi connectivity index (χ0n) is 6.50. The Labute approximate surface area is 71.7 Å². The largest absolute Gasteiger partial charge is 0.396 e. The molecule has 0 saturated carbocycles. The van der Waals surface area contributed by atoms with E-state index in [9.17, 15) is 0 Å². The molecule has 0 unspecified atom stereocenters. The van der Waals surface area contributed by atoms with E-state index in [0.29, 0.717) is 18.1 Å². The second kappa shape index (κ2) is 7.43. The van der Waals surface area contributed by atoms with E-state index in [1.54, 1.807) is 13.1 Å². The highest BCUT2D eigenvalue weighted by Crippen LogP contribution is 1.72. The normalized spacial score (nSPS) is 10.0. The highest BCUT2D eigenvalue weighted by Gasteiger charge is 1.89. The van der Waals surface area contributed by atoms with Gasteiger partial charge >= 0.3 is 0 Å². The summed E-state index contributed by atoms with van der Waals surface area (Å²) in [6, 6.07) is 0. The van der Waals surface area contributed by atoms with Crippen LogP contribution in [-0.4, -0.2) is 29.6 Å². The van der Waals surface area contributed by atoms with Crippen molar-refractivity contribution in [2.75, 3.05) is 13.2 Å². The van der Waals surface area contributed by atoms with Crippen molar-refractivity contribution >= 4 is 23.5 Å². The monoisotopic (exact) mass is 175 g/mol. The molecule has 0 aromatic rings. The highest BCUT2D eigenvalue weighted by atomic mass is 32.1. The number of hydrogen-bond donors (Lipinski definition) is 3. The second-order valence-electron chi connectivity index (χ2n) is 1.83. The number of rotatable bonds is 4. The van der Waals surface area contributed by atoms with Gasteiger partial charge in [0.2, 0.25) is 0 Å². The van der Waals surface area contributed by atoms with Crippen LogP contribution in [0.5, 0.6) is 0 Å². The van der Waals surface area contributed by atoms with Crippen molar-refractivity contribution in [1.82, 2.24) is 10.7 Å². The van der Waals surface area contributed by atoms with Gasteiger partial charge in [-0.1, -0.05) is 0 Å².